The third kappa shape index (κ3) is 3.47. The Balaban J connectivity index is 1.41. The fraction of sp³-hybridized carbons (Fsp3) is 0.316. The van der Waals surface area contributed by atoms with Crippen molar-refractivity contribution in [2.24, 2.45) is 0 Å². The number of piperidine rings is 1. The van der Waals surface area contributed by atoms with Crippen LogP contribution in [0.1, 0.15) is 24.6 Å². The van der Waals surface area contributed by atoms with Crippen LogP contribution in [-0.4, -0.2) is 38.4 Å². The number of amides is 1. The molecule has 6 heteroatoms. The predicted octanol–water partition coefficient (Wildman–Crippen LogP) is 2.94. The highest BCUT2D eigenvalue weighted by atomic mass is 16.3. The van der Waals surface area contributed by atoms with Crippen molar-refractivity contribution in [1.82, 2.24) is 19.4 Å². The molecule has 25 heavy (non-hydrogen) atoms. The van der Waals surface area contributed by atoms with E-state index in [2.05, 4.69) is 14.5 Å². The first kappa shape index (κ1) is 15.6. The summed E-state index contributed by atoms with van der Waals surface area (Å²) in [5.41, 5.74) is 1.59. The van der Waals surface area contributed by atoms with Crippen LogP contribution in [0, 0.1) is 0 Å². The summed E-state index contributed by atoms with van der Waals surface area (Å²) in [6.45, 7) is 1.52. The van der Waals surface area contributed by atoms with Crippen LogP contribution in [0.4, 0.5) is 0 Å². The van der Waals surface area contributed by atoms with E-state index >= 15 is 0 Å². The van der Waals surface area contributed by atoms with Gasteiger partial charge in [0.2, 0.25) is 11.8 Å². The second-order valence-electron chi connectivity index (χ2n) is 6.33. The van der Waals surface area contributed by atoms with Crippen LogP contribution >= 0.6 is 0 Å². The first-order valence-corrected chi connectivity index (χ1v) is 8.54. The molecule has 128 valence electrons. The van der Waals surface area contributed by atoms with Crippen molar-refractivity contribution in [2.75, 3.05) is 13.1 Å². The maximum Gasteiger partial charge on any atom is 0.228 e. The molecule has 0 saturated carbocycles. The van der Waals surface area contributed by atoms with Gasteiger partial charge in [-0.05, 0) is 25.0 Å². The highest BCUT2D eigenvalue weighted by Gasteiger charge is 2.25. The van der Waals surface area contributed by atoms with Crippen LogP contribution in [0.3, 0.4) is 0 Å². The molecule has 1 aromatic carbocycles. The molecule has 0 aliphatic carbocycles. The lowest BCUT2D eigenvalue weighted by molar-refractivity contribution is -0.132. The lowest BCUT2D eigenvalue weighted by Gasteiger charge is -2.33. The van der Waals surface area contributed by atoms with Crippen molar-refractivity contribution >= 4 is 5.91 Å². The van der Waals surface area contributed by atoms with Crippen LogP contribution < -0.4 is 0 Å². The van der Waals surface area contributed by atoms with E-state index in [0.717, 1.165) is 31.5 Å². The van der Waals surface area contributed by atoms with Crippen LogP contribution in [0.5, 0.6) is 0 Å². The van der Waals surface area contributed by atoms with E-state index in [-0.39, 0.29) is 12.3 Å². The smallest absolute Gasteiger partial charge is 0.228 e. The fourth-order valence-electron chi connectivity index (χ4n) is 3.28. The summed E-state index contributed by atoms with van der Waals surface area (Å²) < 4.78 is 7.61. The van der Waals surface area contributed by atoms with E-state index in [4.69, 9.17) is 4.42 Å². The minimum absolute atomic E-state index is 0.0951. The van der Waals surface area contributed by atoms with Gasteiger partial charge in [-0.1, -0.05) is 18.2 Å². The van der Waals surface area contributed by atoms with Gasteiger partial charge in [-0.2, -0.15) is 0 Å². The molecule has 1 amide bonds. The van der Waals surface area contributed by atoms with E-state index in [1.54, 1.807) is 12.5 Å². The molecule has 1 aliphatic rings. The van der Waals surface area contributed by atoms with Crippen molar-refractivity contribution in [1.29, 1.82) is 0 Å². The molecule has 1 fully saturated rings. The topological polar surface area (TPSA) is 64.2 Å². The molecule has 0 N–H and O–H groups in total. The number of hydrogen-bond donors (Lipinski definition) is 0. The molecule has 1 unspecified atom stereocenters. The number of carbonyl (C=O) groups is 1. The molecule has 3 heterocycles. The van der Waals surface area contributed by atoms with Gasteiger partial charge in [0.05, 0.1) is 24.5 Å². The normalized spacial score (nSPS) is 17.6. The van der Waals surface area contributed by atoms with Crippen molar-refractivity contribution in [3.8, 4) is 11.5 Å². The third-order valence-corrected chi connectivity index (χ3v) is 4.60. The Bertz CT molecular complexity index is 826. The molecule has 1 atom stereocenters. The second kappa shape index (κ2) is 6.93. The number of imidazole rings is 1. The number of rotatable bonds is 4. The summed E-state index contributed by atoms with van der Waals surface area (Å²) in [5, 5.41) is 0. The van der Waals surface area contributed by atoms with Gasteiger partial charge in [-0.3, -0.25) is 4.79 Å². The maximum atomic E-state index is 12.6. The van der Waals surface area contributed by atoms with E-state index in [1.165, 1.54) is 0 Å². The SMILES string of the molecule is O=C(Cc1coc(-c2ccccc2)n1)N1CCCC(n2ccnc2)C1. The average molecular weight is 336 g/mol. The van der Waals surface area contributed by atoms with Gasteiger partial charge in [0, 0.05) is 31.0 Å². The molecular weight excluding hydrogens is 316 g/mol. The number of carbonyl (C=O) groups excluding carboxylic acids is 1. The Kier molecular flexibility index (Phi) is 4.33. The highest BCUT2D eigenvalue weighted by molar-refractivity contribution is 5.78. The molecule has 0 bridgehead atoms. The molecular formula is C19H20N4O2. The second-order valence-corrected chi connectivity index (χ2v) is 6.33. The molecule has 1 aliphatic heterocycles. The highest BCUT2D eigenvalue weighted by Crippen LogP contribution is 2.22. The lowest BCUT2D eigenvalue weighted by Crippen LogP contribution is -2.41. The number of hydrogen-bond acceptors (Lipinski definition) is 4. The number of aromatic nitrogens is 3. The van der Waals surface area contributed by atoms with Crippen molar-refractivity contribution in [2.45, 2.75) is 25.3 Å². The van der Waals surface area contributed by atoms with Crippen LogP contribution in [-0.2, 0) is 11.2 Å². The monoisotopic (exact) mass is 336 g/mol. The first-order valence-electron chi connectivity index (χ1n) is 8.54. The Morgan fingerprint density at radius 2 is 2.16 bits per heavy atom. The summed E-state index contributed by atoms with van der Waals surface area (Å²) in [4.78, 5) is 23.1. The van der Waals surface area contributed by atoms with Gasteiger partial charge in [0.1, 0.15) is 6.26 Å². The van der Waals surface area contributed by atoms with Gasteiger partial charge < -0.3 is 13.9 Å². The van der Waals surface area contributed by atoms with E-state index in [1.807, 2.05) is 47.8 Å². The minimum atomic E-state index is 0.0951. The summed E-state index contributed by atoms with van der Waals surface area (Å²) in [6, 6.07) is 10.0. The first-order chi connectivity index (χ1) is 12.3. The van der Waals surface area contributed by atoms with E-state index in [9.17, 15) is 4.79 Å². The van der Waals surface area contributed by atoms with Crippen molar-refractivity contribution in [3.63, 3.8) is 0 Å². The largest absolute Gasteiger partial charge is 0.444 e. The lowest BCUT2D eigenvalue weighted by atomic mass is 10.1. The van der Waals surface area contributed by atoms with Crippen LogP contribution in [0.2, 0.25) is 0 Å². The molecule has 4 rings (SSSR count). The summed E-state index contributed by atoms with van der Waals surface area (Å²) in [5.74, 6) is 0.649. The summed E-state index contributed by atoms with van der Waals surface area (Å²) in [7, 11) is 0. The minimum Gasteiger partial charge on any atom is -0.444 e. The Morgan fingerprint density at radius 1 is 1.28 bits per heavy atom. The third-order valence-electron chi connectivity index (χ3n) is 4.60. The quantitative estimate of drug-likeness (QED) is 0.735. The standard InChI is InChI=1S/C19H20N4O2/c24-18(22-9-4-7-17(12-22)23-10-8-20-14-23)11-16-13-25-19(21-16)15-5-2-1-3-6-15/h1-3,5-6,8,10,13-14,17H,4,7,9,11-12H2. The fourth-order valence-corrected chi connectivity index (χ4v) is 3.28. The van der Waals surface area contributed by atoms with Crippen molar-refractivity contribution < 1.29 is 9.21 Å². The van der Waals surface area contributed by atoms with Gasteiger partial charge >= 0.3 is 0 Å². The van der Waals surface area contributed by atoms with Crippen molar-refractivity contribution in [3.05, 3.63) is 61.0 Å². The molecule has 6 nitrogen and oxygen atoms in total. The van der Waals surface area contributed by atoms with Gasteiger partial charge in [0.15, 0.2) is 0 Å². The number of likely N-dealkylation sites (tertiary alicyclic amines) is 1. The Labute approximate surface area is 146 Å². The molecule has 1 saturated heterocycles. The van der Waals surface area contributed by atoms with Crippen LogP contribution in [0.25, 0.3) is 11.5 Å². The number of nitrogens with zero attached hydrogens (tertiary/aromatic N) is 4. The van der Waals surface area contributed by atoms with Gasteiger partial charge in [-0.15, -0.1) is 0 Å². The van der Waals surface area contributed by atoms with E-state index in [0.29, 0.717) is 17.6 Å². The molecule has 2 aromatic heterocycles. The maximum absolute atomic E-state index is 12.6. The van der Waals surface area contributed by atoms with Gasteiger partial charge in [0.25, 0.3) is 0 Å². The zero-order valence-electron chi connectivity index (χ0n) is 13.9. The summed E-state index contributed by atoms with van der Waals surface area (Å²) in [6.07, 6.45) is 9.49. The molecule has 0 spiro atoms. The zero-order valence-corrected chi connectivity index (χ0v) is 13.9. The zero-order chi connectivity index (χ0) is 17.1. The Morgan fingerprint density at radius 3 is 2.96 bits per heavy atom. The summed E-state index contributed by atoms with van der Waals surface area (Å²) >= 11 is 0. The van der Waals surface area contributed by atoms with Gasteiger partial charge in [-0.25, -0.2) is 9.97 Å². The number of oxazole rings is 1. The predicted molar refractivity (Wildman–Crippen MR) is 92.7 cm³/mol. The van der Waals surface area contributed by atoms with Crippen LogP contribution in [0.15, 0.2) is 59.7 Å². The molecule has 0 radical (unpaired) electrons. The molecule has 3 aromatic rings. The average Bonchev–Trinajstić information content (AvgIpc) is 3.35. The van der Waals surface area contributed by atoms with E-state index < -0.39 is 0 Å². The Hall–Kier alpha value is -2.89. The number of benzene rings is 1.